The van der Waals surface area contributed by atoms with Gasteiger partial charge in [-0.2, -0.15) is 0 Å². The first-order valence-corrected chi connectivity index (χ1v) is 7.25. The van der Waals surface area contributed by atoms with Crippen molar-refractivity contribution in [1.29, 1.82) is 0 Å². The first kappa shape index (κ1) is 13.2. The lowest BCUT2D eigenvalue weighted by Gasteiger charge is -2.30. The van der Waals surface area contributed by atoms with E-state index in [1.807, 2.05) is 19.1 Å². The van der Waals surface area contributed by atoms with Crippen LogP contribution in [-0.4, -0.2) is 23.6 Å². The minimum absolute atomic E-state index is 0.143. The van der Waals surface area contributed by atoms with E-state index in [1.54, 1.807) is 0 Å². The standard InChI is InChI=1S/C16H20N2O2/c1-3-10-14-11-7-5-6-8-12(11)18-13(14)9-17-15(10)16(19)20-4-2/h5-8,10,15,17-18H,3-4,9H2,1-2H3. The van der Waals surface area contributed by atoms with E-state index in [-0.39, 0.29) is 17.9 Å². The van der Waals surface area contributed by atoms with Gasteiger partial charge in [0.15, 0.2) is 0 Å². The Morgan fingerprint density at radius 2 is 2.15 bits per heavy atom. The molecule has 2 heterocycles. The molecule has 0 radical (unpaired) electrons. The second kappa shape index (κ2) is 5.29. The van der Waals surface area contributed by atoms with Crippen molar-refractivity contribution in [2.45, 2.75) is 38.8 Å². The average molecular weight is 272 g/mol. The summed E-state index contributed by atoms with van der Waals surface area (Å²) in [6.45, 7) is 5.08. The van der Waals surface area contributed by atoms with Gasteiger partial charge in [0.2, 0.25) is 0 Å². The van der Waals surface area contributed by atoms with Crippen molar-refractivity contribution in [3.05, 3.63) is 35.5 Å². The summed E-state index contributed by atoms with van der Waals surface area (Å²) < 4.78 is 5.21. The molecule has 0 saturated carbocycles. The monoisotopic (exact) mass is 272 g/mol. The van der Waals surface area contributed by atoms with E-state index in [4.69, 9.17) is 4.74 Å². The number of ether oxygens (including phenoxy) is 1. The molecule has 1 aromatic carbocycles. The summed E-state index contributed by atoms with van der Waals surface area (Å²) in [7, 11) is 0. The van der Waals surface area contributed by atoms with Crippen LogP contribution in [0.2, 0.25) is 0 Å². The number of nitrogens with one attached hydrogen (secondary N) is 2. The second-order valence-corrected chi connectivity index (χ2v) is 5.19. The molecule has 2 unspecified atom stereocenters. The molecule has 2 atom stereocenters. The summed E-state index contributed by atoms with van der Waals surface area (Å²) in [6.07, 6.45) is 0.908. The molecule has 0 bridgehead atoms. The Balaban J connectivity index is 2.06. The molecule has 1 aliphatic heterocycles. The molecule has 0 spiro atoms. The van der Waals surface area contributed by atoms with Crippen LogP contribution in [0.4, 0.5) is 0 Å². The summed E-state index contributed by atoms with van der Waals surface area (Å²) in [5, 5.41) is 4.54. The zero-order valence-corrected chi connectivity index (χ0v) is 11.9. The third kappa shape index (κ3) is 2.00. The van der Waals surface area contributed by atoms with Gasteiger partial charge in [-0.25, -0.2) is 0 Å². The number of hydrogen-bond acceptors (Lipinski definition) is 3. The lowest BCUT2D eigenvalue weighted by molar-refractivity contribution is -0.146. The number of para-hydroxylation sites is 1. The highest BCUT2D eigenvalue weighted by Crippen LogP contribution is 2.36. The number of fused-ring (bicyclic) bond motifs is 3. The van der Waals surface area contributed by atoms with Gasteiger partial charge in [0.05, 0.1) is 6.61 Å². The number of carbonyl (C=O) groups excluding carboxylic acids is 1. The highest BCUT2D eigenvalue weighted by Gasteiger charge is 2.36. The average Bonchev–Trinajstić information content (AvgIpc) is 2.85. The fourth-order valence-electron chi connectivity index (χ4n) is 3.22. The molecule has 2 aromatic rings. The van der Waals surface area contributed by atoms with E-state index in [9.17, 15) is 4.79 Å². The van der Waals surface area contributed by atoms with Crippen molar-refractivity contribution in [3.8, 4) is 0 Å². The van der Waals surface area contributed by atoms with Gasteiger partial charge in [0.1, 0.15) is 6.04 Å². The van der Waals surface area contributed by atoms with Gasteiger partial charge >= 0.3 is 5.97 Å². The summed E-state index contributed by atoms with van der Waals surface area (Å²) in [5.74, 6) is 0.0178. The molecule has 1 aliphatic rings. The molecule has 3 rings (SSSR count). The molecule has 106 valence electrons. The van der Waals surface area contributed by atoms with Gasteiger partial charge in [-0.1, -0.05) is 25.1 Å². The number of esters is 1. The van der Waals surface area contributed by atoms with Crippen molar-refractivity contribution in [3.63, 3.8) is 0 Å². The summed E-state index contributed by atoms with van der Waals surface area (Å²) in [5.41, 5.74) is 3.61. The maximum absolute atomic E-state index is 12.1. The van der Waals surface area contributed by atoms with E-state index >= 15 is 0 Å². The number of aromatic nitrogens is 1. The van der Waals surface area contributed by atoms with Crippen LogP contribution in [0.5, 0.6) is 0 Å². The van der Waals surface area contributed by atoms with Gasteiger partial charge in [0, 0.05) is 29.1 Å². The normalized spacial score (nSPS) is 21.7. The number of H-pyrrole nitrogens is 1. The summed E-state index contributed by atoms with van der Waals surface area (Å²) >= 11 is 0. The van der Waals surface area contributed by atoms with Crippen molar-refractivity contribution >= 4 is 16.9 Å². The van der Waals surface area contributed by atoms with Gasteiger partial charge in [-0.05, 0) is 25.0 Å². The SMILES string of the molecule is CCOC(=O)C1NCc2[nH]c3ccccc3c2C1CC. The van der Waals surface area contributed by atoms with Crippen molar-refractivity contribution < 1.29 is 9.53 Å². The molecule has 4 nitrogen and oxygen atoms in total. The van der Waals surface area contributed by atoms with Crippen molar-refractivity contribution in [2.24, 2.45) is 0 Å². The van der Waals surface area contributed by atoms with E-state index < -0.39 is 0 Å². The first-order chi connectivity index (χ1) is 9.76. The fourth-order valence-corrected chi connectivity index (χ4v) is 3.22. The van der Waals surface area contributed by atoms with Gasteiger partial charge in [-0.3, -0.25) is 10.1 Å². The number of carbonyl (C=O) groups is 1. The Labute approximate surface area is 118 Å². The molecule has 1 aromatic heterocycles. The van der Waals surface area contributed by atoms with Crippen LogP contribution in [0.25, 0.3) is 10.9 Å². The lowest BCUT2D eigenvalue weighted by Crippen LogP contribution is -2.45. The number of hydrogen-bond donors (Lipinski definition) is 2. The van der Waals surface area contributed by atoms with Crippen LogP contribution in [0, 0.1) is 0 Å². The molecule has 0 fully saturated rings. The molecule has 0 saturated heterocycles. The zero-order valence-electron chi connectivity index (χ0n) is 11.9. The van der Waals surface area contributed by atoms with Crippen LogP contribution in [-0.2, 0) is 16.1 Å². The van der Waals surface area contributed by atoms with E-state index in [1.165, 1.54) is 16.6 Å². The number of benzene rings is 1. The summed E-state index contributed by atoms with van der Waals surface area (Å²) in [4.78, 5) is 15.6. The van der Waals surface area contributed by atoms with Crippen LogP contribution in [0.1, 0.15) is 37.4 Å². The van der Waals surface area contributed by atoms with Crippen LogP contribution >= 0.6 is 0 Å². The van der Waals surface area contributed by atoms with Crippen molar-refractivity contribution in [1.82, 2.24) is 10.3 Å². The minimum atomic E-state index is -0.244. The second-order valence-electron chi connectivity index (χ2n) is 5.19. The number of rotatable bonds is 3. The summed E-state index contributed by atoms with van der Waals surface area (Å²) in [6, 6.07) is 8.04. The molecule has 4 heteroatoms. The van der Waals surface area contributed by atoms with Crippen LogP contribution in [0.3, 0.4) is 0 Å². The highest BCUT2D eigenvalue weighted by atomic mass is 16.5. The molecular weight excluding hydrogens is 252 g/mol. The minimum Gasteiger partial charge on any atom is -0.465 e. The molecular formula is C16H20N2O2. The maximum Gasteiger partial charge on any atom is 0.323 e. The van der Waals surface area contributed by atoms with E-state index in [2.05, 4.69) is 29.4 Å². The predicted molar refractivity (Wildman–Crippen MR) is 78.6 cm³/mol. The topological polar surface area (TPSA) is 54.1 Å². The third-order valence-corrected chi connectivity index (χ3v) is 4.08. The van der Waals surface area contributed by atoms with Crippen molar-refractivity contribution in [2.75, 3.05) is 6.61 Å². The largest absolute Gasteiger partial charge is 0.465 e. The Hall–Kier alpha value is -1.81. The predicted octanol–water partition coefficient (Wildman–Crippen LogP) is 2.70. The van der Waals surface area contributed by atoms with E-state index in [0.29, 0.717) is 13.2 Å². The Morgan fingerprint density at radius 1 is 1.35 bits per heavy atom. The smallest absolute Gasteiger partial charge is 0.323 e. The Bertz CT molecular complexity index is 632. The molecule has 2 N–H and O–H groups in total. The first-order valence-electron chi connectivity index (χ1n) is 7.25. The Kier molecular flexibility index (Phi) is 3.49. The van der Waals surface area contributed by atoms with Crippen LogP contribution in [0.15, 0.2) is 24.3 Å². The number of aromatic amines is 1. The van der Waals surface area contributed by atoms with Gasteiger partial charge in [-0.15, -0.1) is 0 Å². The lowest BCUT2D eigenvalue weighted by atomic mass is 9.84. The quantitative estimate of drug-likeness (QED) is 0.845. The molecule has 0 aliphatic carbocycles. The fraction of sp³-hybridized carbons (Fsp3) is 0.438. The van der Waals surface area contributed by atoms with Gasteiger partial charge in [0.25, 0.3) is 0 Å². The van der Waals surface area contributed by atoms with Gasteiger partial charge < -0.3 is 9.72 Å². The molecule has 20 heavy (non-hydrogen) atoms. The molecule has 0 amide bonds. The maximum atomic E-state index is 12.1. The Morgan fingerprint density at radius 3 is 2.90 bits per heavy atom. The zero-order chi connectivity index (χ0) is 14.1. The third-order valence-electron chi connectivity index (χ3n) is 4.08. The van der Waals surface area contributed by atoms with Crippen LogP contribution < -0.4 is 5.32 Å². The van der Waals surface area contributed by atoms with E-state index in [0.717, 1.165) is 11.9 Å². The highest BCUT2D eigenvalue weighted by molar-refractivity contribution is 5.87.